The number of ether oxygens (including phenoxy) is 2. The Balaban J connectivity index is 2.62. The van der Waals surface area contributed by atoms with E-state index in [1.165, 1.54) is 4.90 Å². The molecule has 3 unspecified atom stereocenters. The molecule has 0 saturated carbocycles. The molecule has 2 aromatic rings. The number of amides is 3. The van der Waals surface area contributed by atoms with E-state index in [9.17, 15) is 19.2 Å². The summed E-state index contributed by atoms with van der Waals surface area (Å²) in [6.45, 7) is 21.7. The van der Waals surface area contributed by atoms with E-state index in [1.807, 2.05) is 90.1 Å². The van der Waals surface area contributed by atoms with E-state index in [4.69, 9.17) is 9.47 Å². The average Bonchev–Trinajstić information content (AvgIpc) is 2.89. The number of hydrogen-bond donors (Lipinski definition) is 2. The highest BCUT2D eigenvalue weighted by molar-refractivity contribution is 5.94. The second-order valence-corrected chi connectivity index (χ2v) is 14.2. The standard InChI is InChI=1S/C36H53N3O6/c1-22(2)29(38-34(43)45-36(10,11)12)32(41)39(23(3)4)30(27-19-18-24(5)25(6)20-27)31(40)37-28(33(42)44-35(7,8)9)21-26-16-14-13-15-17-26/h13-20,22-23,28-30H,21H2,1-12H3,(H,37,40)(H,38,43). The van der Waals surface area contributed by atoms with Gasteiger partial charge in [0.2, 0.25) is 11.8 Å². The first kappa shape index (κ1) is 37.3. The maximum Gasteiger partial charge on any atom is 0.408 e. The first-order chi connectivity index (χ1) is 20.7. The van der Waals surface area contributed by atoms with Crippen LogP contribution in [0.3, 0.4) is 0 Å². The smallest absolute Gasteiger partial charge is 0.408 e. The van der Waals surface area contributed by atoms with Gasteiger partial charge in [-0.25, -0.2) is 9.59 Å². The van der Waals surface area contributed by atoms with Gasteiger partial charge in [-0.15, -0.1) is 0 Å². The summed E-state index contributed by atoms with van der Waals surface area (Å²) >= 11 is 0. The van der Waals surface area contributed by atoms with Crippen LogP contribution in [-0.4, -0.2) is 58.1 Å². The lowest BCUT2D eigenvalue weighted by Crippen LogP contribution is -2.57. The molecule has 2 N–H and O–H groups in total. The minimum absolute atomic E-state index is 0.200. The molecule has 45 heavy (non-hydrogen) atoms. The molecule has 0 bridgehead atoms. The maximum atomic E-state index is 14.4. The van der Waals surface area contributed by atoms with Crippen molar-refractivity contribution < 1.29 is 28.7 Å². The summed E-state index contributed by atoms with van der Waals surface area (Å²) in [6, 6.07) is 11.4. The maximum absolute atomic E-state index is 14.4. The third-order valence-electron chi connectivity index (χ3n) is 7.08. The van der Waals surface area contributed by atoms with Crippen LogP contribution in [0.15, 0.2) is 48.5 Å². The molecule has 0 aliphatic rings. The van der Waals surface area contributed by atoms with Gasteiger partial charge >= 0.3 is 12.1 Å². The SMILES string of the molecule is Cc1ccc(C(C(=O)NC(Cc2ccccc2)C(=O)OC(C)(C)C)N(C(=O)C(NC(=O)OC(C)(C)C)C(C)C)C(C)C)cc1C. The molecule has 3 atom stereocenters. The van der Waals surface area contributed by atoms with Crippen molar-refractivity contribution in [1.82, 2.24) is 15.5 Å². The molecule has 0 aliphatic heterocycles. The van der Waals surface area contributed by atoms with Crippen LogP contribution in [0.2, 0.25) is 0 Å². The van der Waals surface area contributed by atoms with E-state index < -0.39 is 59.2 Å². The highest BCUT2D eigenvalue weighted by atomic mass is 16.6. The van der Waals surface area contributed by atoms with Crippen molar-refractivity contribution in [1.29, 1.82) is 0 Å². The zero-order chi connectivity index (χ0) is 34.3. The molecule has 248 valence electrons. The first-order valence-electron chi connectivity index (χ1n) is 15.7. The van der Waals surface area contributed by atoms with Gasteiger partial charge in [-0.1, -0.05) is 62.4 Å². The van der Waals surface area contributed by atoms with Crippen LogP contribution < -0.4 is 10.6 Å². The number of nitrogens with one attached hydrogen (secondary N) is 2. The lowest BCUT2D eigenvalue weighted by Gasteiger charge is -2.38. The summed E-state index contributed by atoms with van der Waals surface area (Å²) in [5, 5.41) is 5.66. The molecule has 0 aromatic heterocycles. The van der Waals surface area contributed by atoms with Crippen molar-refractivity contribution in [2.45, 2.75) is 125 Å². The van der Waals surface area contributed by atoms with E-state index in [1.54, 1.807) is 41.5 Å². The summed E-state index contributed by atoms with van der Waals surface area (Å²) in [7, 11) is 0. The van der Waals surface area contributed by atoms with Gasteiger partial charge in [-0.05, 0) is 97.4 Å². The fraction of sp³-hybridized carbons (Fsp3) is 0.556. The van der Waals surface area contributed by atoms with Crippen LogP contribution in [0.25, 0.3) is 0 Å². The summed E-state index contributed by atoms with van der Waals surface area (Å²) in [5.41, 5.74) is 1.87. The van der Waals surface area contributed by atoms with E-state index in [-0.39, 0.29) is 12.3 Å². The molecule has 9 nitrogen and oxygen atoms in total. The molecule has 0 saturated heterocycles. The van der Waals surface area contributed by atoms with Crippen molar-refractivity contribution in [3.8, 4) is 0 Å². The zero-order valence-corrected chi connectivity index (χ0v) is 29.1. The van der Waals surface area contributed by atoms with Gasteiger partial charge in [-0.3, -0.25) is 9.59 Å². The van der Waals surface area contributed by atoms with Gasteiger partial charge in [0, 0.05) is 12.5 Å². The van der Waals surface area contributed by atoms with Crippen LogP contribution in [0.5, 0.6) is 0 Å². The van der Waals surface area contributed by atoms with Crippen molar-refractivity contribution in [3.05, 3.63) is 70.8 Å². The highest BCUT2D eigenvalue weighted by Gasteiger charge is 2.40. The number of carbonyl (C=O) groups is 4. The Morgan fingerprint density at radius 2 is 1.36 bits per heavy atom. The van der Waals surface area contributed by atoms with Crippen molar-refractivity contribution >= 4 is 23.9 Å². The predicted octanol–water partition coefficient (Wildman–Crippen LogP) is 6.20. The van der Waals surface area contributed by atoms with Crippen LogP contribution >= 0.6 is 0 Å². The average molecular weight is 624 g/mol. The second kappa shape index (κ2) is 15.4. The van der Waals surface area contributed by atoms with Crippen molar-refractivity contribution in [2.24, 2.45) is 5.92 Å². The molecular weight excluding hydrogens is 570 g/mol. The predicted molar refractivity (Wildman–Crippen MR) is 177 cm³/mol. The Hall–Kier alpha value is -3.88. The number of alkyl carbamates (subject to hydrolysis) is 1. The molecule has 0 radical (unpaired) electrons. The third kappa shape index (κ3) is 11.5. The van der Waals surface area contributed by atoms with E-state index in [2.05, 4.69) is 10.6 Å². The highest BCUT2D eigenvalue weighted by Crippen LogP contribution is 2.28. The van der Waals surface area contributed by atoms with Gasteiger partial charge in [0.25, 0.3) is 0 Å². The Morgan fingerprint density at radius 1 is 0.778 bits per heavy atom. The van der Waals surface area contributed by atoms with E-state index >= 15 is 0 Å². The molecule has 0 heterocycles. The number of aryl methyl sites for hydroxylation is 2. The largest absolute Gasteiger partial charge is 0.458 e. The number of nitrogens with zero attached hydrogens (tertiary/aromatic N) is 1. The molecule has 2 rings (SSSR count). The lowest BCUT2D eigenvalue weighted by atomic mass is 9.95. The summed E-state index contributed by atoms with van der Waals surface area (Å²) in [4.78, 5) is 56.5. The van der Waals surface area contributed by atoms with E-state index in [0.29, 0.717) is 5.56 Å². The Bertz CT molecular complexity index is 1320. The zero-order valence-electron chi connectivity index (χ0n) is 29.1. The van der Waals surface area contributed by atoms with Gasteiger partial charge < -0.3 is 25.0 Å². The minimum Gasteiger partial charge on any atom is -0.458 e. The third-order valence-corrected chi connectivity index (χ3v) is 7.08. The Kier molecular flexibility index (Phi) is 12.8. The Morgan fingerprint density at radius 3 is 1.84 bits per heavy atom. The topological polar surface area (TPSA) is 114 Å². The molecular formula is C36H53N3O6. The molecule has 0 spiro atoms. The second-order valence-electron chi connectivity index (χ2n) is 14.2. The molecule has 0 fully saturated rings. The summed E-state index contributed by atoms with van der Waals surface area (Å²) in [6.07, 6.45) is -0.524. The molecule has 0 aliphatic carbocycles. The van der Waals surface area contributed by atoms with Crippen molar-refractivity contribution in [3.63, 3.8) is 0 Å². The number of hydrogen-bond acceptors (Lipinski definition) is 6. The van der Waals surface area contributed by atoms with Crippen LogP contribution in [-0.2, 0) is 30.3 Å². The number of rotatable bonds is 11. The fourth-order valence-electron chi connectivity index (χ4n) is 4.83. The van der Waals surface area contributed by atoms with Crippen LogP contribution in [0.4, 0.5) is 4.79 Å². The molecule has 3 amide bonds. The normalized spacial score (nSPS) is 13.9. The fourth-order valence-corrected chi connectivity index (χ4v) is 4.83. The van der Waals surface area contributed by atoms with Gasteiger partial charge in [0.15, 0.2) is 0 Å². The summed E-state index contributed by atoms with van der Waals surface area (Å²) in [5.74, 6) is -1.87. The first-order valence-corrected chi connectivity index (χ1v) is 15.7. The van der Waals surface area contributed by atoms with Gasteiger partial charge in [0.05, 0.1) is 0 Å². The van der Waals surface area contributed by atoms with Gasteiger partial charge in [-0.2, -0.15) is 0 Å². The quantitative estimate of drug-likeness (QED) is 0.288. The lowest BCUT2D eigenvalue weighted by molar-refractivity contribution is -0.159. The number of carbonyl (C=O) groups excluding carboxylic acids is 4. The summed E-state index contributed by atoms with van der Waals surface area (Å²) < 4.78 is 11.2. The van der Waals surface area contributed by atoms with Gasteiger partial charge in [0.1, 0.15) is 29.3 Å². The Labute approximate surface area is 269 Å². The van der Waals surface area contributed by atoms with E-state index in [0.717, 1.165) is 16.7 Å². The molecule has 2 aromatic carbocycles. The number of esters is 1. The minimum atomic E-state index is -1.11. The number of benzene rings is 2. The van der Waals surface area contributed by atoms with Crippen LogP contribution in [0, 0.1) is 19.8 Å². The van der Waals surface area contributed by atoms with Crippen LogP contribution in [0.1, 0.15) is 97.5 Å². The van der Waals surface area contributed by atoms with Crippen molar-refractivity contribution in [2.75, 3.05) is 0 Å². The molecule has 9 heteroatoms. The monoisotopic (exact) mass is 623 g/mol.